The minimum atomic E-state index is 0.00382. The van der Waals surface area contributed by atoms with Gasteiger partial charge in [-0.3, -0.25) is 4.68 Å². The number of amides is 2. The SMILES string of the molecule is C[C@@H]1C[C@@H]1c1ccc(CN(C(=O)NCCc2cnn(C)c2)C2CC2)o1. The maximum Gasteiger partial charge on any atom is 0.318 e. The van der Waals surface area contributed by atoms with E-state index in [1.165, 1.54) is 6.42 Å². The third kappa shape index (κ3) is 3.89. The van der Waals surface area contributed by atoms with Crippen LogP contribution in [-0.2, 0) is 20.0 Å². The van der Waals surface area contributed by atoms with Gasteiger partial charge < -0.3 is 14.6 Å². The van der Waals surface area contributed by atoms with Gasteiger partial charge in [0, 0.05) is 31.7 Å². The van der Waals surface area contributed by atoms with Crippen molar-refractivity contribution < 1.29 is 9.21 Å². The summed E-state index contributed by atoms with van der Waals surface area (Å²) in [7, 11) is 1.90. The van der Waals surface area contributed by atoms with Gasteiger partial charge in [-0.2, -0.15) is 5.10 Å². The molecule has 2 aliphatic rings. The third-order valence-corrected chi connectivity index (χ3v) is 5.18. The first kappa shape index (κ1) is 16.2. The van der Waals surface area contributed by atoms with Gasteiger partial charge in [0.15, 0.2) is 0 Å². The molecule has 2 aliphatic carbocycles. The number of aromatic nitrogens is 2. The molecule has 2 amide bonds. The van der Waals surface area contributed by atoms with Crippen molar-refractivity contribution in [1.29, 1.82) is 0 Å². The van der Waals surface area contributed by atoms with Crippen LogP contribution in [0.1, 0.15) is 49.2 Å². The molecule has 2 atom stereocenters. The lowest BCUT2D eigenvalue weighted by molar-refractivity contribution is 0.186. The normalized spacial score (nSPS) is 22.0. The molecule has 0 bridgehead atoms. The first-order valence-corrected chi connectivity index (χ1v) is 9.21. The molecule has 2 aromatic heterocycles. The Bertz CT molecular complexity index is 746. The zero-order chi connectivity index (χ0) is 17.4. The fraction of sp³-hybridized carbons (Fsp3) is 0.579. The van der Waals surface area contributed by atoms with Crippen LogP contribution in [0.5, 0.6) is 0 Å². The molecular weight excluding hydrogens is 316 g/mol. The van der Waals surface area contributed by atoms with E-state index in [9.17, 15) is 4.79 Å². The molecule has 0 saturated heterocycles. The highest BCUT2D eigenvalue weighted by molar-refractivity contribution is 5.74. The van der Waals surface area contributed by atoms with Crippen molar-refractivity contribution in [3.63, 3.8) is 0 Å². The number of nitrogens with one attached hydrogen (secondary N) is 1. The van der Waals surface area contributed by atoms with Crippen molar-refractivity contribution in [3.05, 3.63) is 41.6 Å². The number of hydrogen-bond acceptors (Lipinski definition) is 3. The predicted octanol–water partition coefficient (Wildman–Crippen LogP) is 3.05. The van der Waals surface area contributed by atoms with E-state index in [4.69, 9.17) is 4.42 Å². The van der Waals surface area contributed by atoms with E-state index in [0.29, 0.717) is 25.0 Å². The lowest BCUT2D eigenvalue weighted by Crippen LogP contribution is -2.41. The average Bonchev–Trinajstić information content (AvgIpc) is 3.47. The van der Waals surface area contributed by atoms with E-state index in [2.05, 4.69) is 23.4 Å². The Morgan fingerprint density at radius 1 is 1.44 bits per heavy atom. The van der Waals surface area contributed by atoms with Crippen molar-refractivity contribution in [3.8, 4) is 0 Å². The van der Waals surface area contributed by atoms with Crippen LogP contribution in [0.25, 0.3) is 0 Å². The monoisotopic (exact) mass is 342 g/mol. The summed E-state index contributed by atoms with van der Waals surface area (Å²) in [6.07, 6.45) is 8.01. The molecule has 0 unspecified atom stereocenters. The fourth-order valence-corrected chi connectivity index (χ4v) is 3.33. The van der Waals surface area contributed by atoms with Gasteiger partial charge in [0.2, 0.25) is 0 Å². The van der Waals surface area contributed by atoms with E-state index in [1.54, 1.807) is 4.68 Å². The van der Waals surface area contributed by atoms with Crippen molar-refractivity contribution in [1.82, 2.24) is 20.0 Å². The number of hydrogen-bond donors (Lipinski definition) is 1. The highest BCUT2D eigenvalue weighted by Crippen LogP contribution is 2.47. The van der Waals surface area contributed by atoms with E-state index < -0.39 is 0 Å². The smallest absolute Gasteiger partial charge is 0.318 e. The maximum absolute atomic E-state index is 12.6. The van der Waals surface area contributed by atoms with Gasteiger partial charge >= 0.3 is 6.03 Å². The van der Waals surface area contributed by atoms with Crippen LogP contribution in [0.2, 0.25) is 0 Å². The summed E-state index contributed by atoms with van der Waals surface area (Å²) in [6, 6.07) is 4.46. The summed E-state index contributed by atoms with van der Waals surface area (Å²) < 4.78 is 7.76. The van der Waals surface area contributed by atoms with Crippen molar-refractivity contribution >= 4 is 6.03 Å². The Morgan fingerprint density at radius 3 is 2.88 bits per heavy atom. The molecule has 2 fully saturated rings. The number of furan rings is 1. The Morgan fingerprint density at radius 2 is 2.24 bits per heavy atom. The zero-order valence-corrected chi connectivity index (χ0v) is 14.9. The van der Waals surface area contributed by atoms with E-state index in [-0.39, 0.29) is 6.03 Å². The van der Waals surface area contributed by atoms with Crippen molar-refractivity contribution in [2.24, 2.45) is 13.0 Å². The molecule has 6 heteroatoms. The first-order valence-electron chi connectivity index (χ1n) is 9.21. The third-order valence-electron chi connectivity index (χ3n) is 5.18. The summed E-state index contributed by atoms with van der Waals surface area (Å²) in [6.45, 7) is 3.43. The summed E-state index contributed by atoms with van der Waals surface area (Å²) in [4.78, 5) is 14.5. The van der Waals surface area contributed by atoms with Gasteiger partial charge in [-0.25, -0.2) is 4.79 Å². The lowest BCUT2D eigenvalue weighted by atomic mass is 10.2. The lowest BCUT2D eigenvalue weighted by Gasteiger charge is -2.21. The summed E-state index contributed by atoms with van der Waals surface area (Å²) in [5.74, 6) is 3.28. The van der Waals surface area contributed by atoms with Crippen LogP contribution in [-0.4, -0.2) is 33.3 Å². The van der Waals surface area contributed by atoms with Crippen LogP contribution in [0.3, 0.4) is 0 Å². The van der Waals surface area contributed by atoms with Crippen LogP contribution in [0, 0.1) is 5.92 Å². The van der Waals surface area contributed by atoms with Crippen molar-refractivity contribution in [2.45, 2.75) is 51.1 Å². The molecule has 4 rings (SSSR count). The van der Waals surface area contributed by atoms with Crippen LogP contribution >= 0.6 is 0 Å². The number of carbonyl (C=O) groups is 1. The van der Waals surface area contributed by atoms with Gasteiger partial charge in [-0.15, -0.1) is 0 Å². The average molecular weight is 342 g/mol. The molecule has 2 heterocycles. The van der Waals surface area contributed by atoms with Crippen LogP contribution in [0.4, 0.5) is 4.79 Å². The second-order valence-corrected chi connectivity index (χ2v) is 7.49. The Hall–Kier alpha value is -2.24. The highest BCUT2D eigenvalue weighted by Gasteiger charge is 2.37. The van der Waals surface area contributed by atoms with E-state index >= 15 is 0 Å². The standard InChI is InChI=1S/C19H26N4O2/c1-13-9-17(13)18-6-5-16(25-18)12-23(15-3-4-15)19(24)20-8-7-14-10-21-22(2)11-14/h5-6,10-11,13,15,17H,3-4,7-9,12H2,1-2H3,(H,20,24)/t13-,17+/m1/s1. The first-order chi connectivity index (χ1) is 12.1. The Balaban J connectivity index is 1.31. The maximum atomic E-state index is 12.6. The molecule has 134 valence electrons. The molecule has 1 N–H and O–H groups in total. The number of rotatable bonds is 7. The second kappa shape index (κ2) is 6.58. The second-order valence-electron chi connectivity index (χ2n) is 7.49. The summed E-state index contributed by atoms with van der Waals surface area (Å²) in [5, 5.41) is 7.19. The largest absolute Gasteiger partial charge is 0.464 e. The Kier molecular flexibility index (Phi) is 4.27. The quantitative estimate of drug-likeness (QED) is 0.841. The van der Waals surface area contributed by atoms with Crippen LogP contribution in [0.15, 0.2) is 28.9 Å². The van der Waals surface area contributed by atoms with Gasteiger partial charge in [-0.1, -0.05) is 6.92 Å². The molecule has 0 aromatic carbocycles. The minimum Gasteiger partial charge on any atom is -0.464 e. The van der Waals surface area contributed by atoms with E-state index in [1.807, 2.05) is 30.4 Å². The van der Waals surface area contributed by atoms with Crippen molar-refractivity contribution in [2.75, 3.05) is 6.54 Å². The summed E-state index contributed by atoms with van der Waals surface area (Å²) in [5.41, 5.74) is 1.13. The highest BCUT2D eigenvalue weighted by atomic mass is 16.3. The van der Waals surface area contributed by atoms with Crippen LogP contribution < -0.4 is 5.32 Å². The molecule has 2 aromatic rings. The van der Waals surface area contributed by atoms with Gasteiger partial charge in [0.05, 0.1) is 12.7 Å². The summed E-state index contributed by atoms with van der Waals surface area (Å²) >= 11 is 0. The minimum absolute atomic E-state index is 0.00382. The molecule has 0 aliphatic heterocycles. The van der Waals surface area contributed by atoms with Gasteiger partial charge in [-0.05, 0) is 49.3 Å². The van der Waals surface area contributed by atoms with Gasteiger partial charge in [0.1, 0.15) is 11.5 Å². The molecule has 0 radical (unpaired) electrons. The molecule has 0 spiro atoms. The number of carbonyl (C=O) groups excluding carboxylic acids is 1. The Labute approximate surface area is 148 Å². The number of aryl methyl sites for hydroxylation is 1. The fourth-order valence-electron chi connectivity index (χ4n) is 3.33. The number of urea groups is 1. The van der Waals surface area contributed by atoms with E-state index in [0.717, 1.165) is 42.3 Å². The zero-order valence-electron chi connectivity index (χ0n) is 14.9. The molecule has 2 saturated carbocycles. The molecule has 25 heavy (non-hydrogen) atoms. The topological polar surface area (TPSA) is 63.3 Å². The van der Waals surface area contributed by atoms with Gasteiger partial charge in [0.25, 0.3) is 0 Å². The number of nitrogens with zero attached hydrogens (tertiary/aromatic N) is 3. The molecule has 6 nitrogen and oxygen atoms in total. The predicted molar refractivity (Wildman–Crippen MR) is 94.1 cm³/mol. The molecular formula is C19H26N4O2.